The molecule has 0 aliphatic rings. The molecule has 0 saturated heterocycles. The summed E-state index contributed by atoms with van der Waals surface area (Å²) in [6.45, 7) is 1.68. The minimum atomic E-state index is -4.63. The van der Waals surface area contributed by atoms with Crippen LogP contribution in [0.1, 0.15) is 11.1 Å². The second-order valence-electron chi connectivity index (χ2n) is 6.39. The summed E-state index contributed by atoms with van der Waals surface area (Å²) in [5.74, 6) is -1.01. The van der Waals surface area contributed by atoms with Crippen LogP contribution in [-0.4, -0.2) is 31.9 Å². The number of benzene rings is 1. The molecular weight excluding hydrogens is 442 g/mol. The maximum absolute atomic E-state index is 13.8. The van der Waals surface area contributed by atoms with Gasteiger partial charge in [-0.2, -0.15) is 17.7 Å². The lowest BCUT2D eigenvalue weighted by Crippen LogP contribution is -2.06. The second-order valence-corrected chi connectivity index (χ2v) is 6.73. The standard InChI is InChI=1S/C19H12ClF4N5O2/c1-9-5-15(28-29-16(9)26-27-18(29)20)31-14-6-10(19(22,23)24)3-4-12(14)13-7-11(21)8-25-17(13)30-2/h3-8H,1-2H3. The Balaban J connectivity index is 1.89. The Labute approximate surface area is 177 Å². The first-order valence-electron chi connectivity index (χ1n) is 8.65. The fourth-order valence-corrected chi connectivity index (χ4v) is 3.08. The third kappa shape index (κ3) is 3.96. The number of hydrogen-bond donors (Lipinski definition) is 0. The number of fused-ring (bicyclic) bond motifs is 1. The summed E-state index contributed by atoms with van der Waals surface area (Å²) < 4.78 is 65.8. The Hall–Kier alpha value is -3.47. The molecule has 0 aliphatic heterocycles. The van der Waals surface area contributed by atoms with Gasteiger partial charge in [-0.15, -0.1) is 15.3 Å². The van der Waals surface area contributed by atoms with Crippen LogP contribution in [0.4, 0.5) is 17.6 Å². The number of halogens is 5. The molecule has 0 amide bonds. The largest absolute Gasteiger partial charge is 0.481 e. The molecule has 0 bridgehead atoms. The molecule has 1 aromatic carbocycles. The molecule has 0 saturated carbocycles. The van der Waals surface area contributed by atoms with E-state index in [4.69, 9.17) is 21.1 Å². The van der Waals surface area contributed by atoms with E-state index in [2.05, 4.69) is 20.3 Å². The summed E-state index contributed by atoms with van der Waals surface area (Å²) in [4.78, 5) is 3.82. The Morgan fingerprint density at radius 2 is 1.84 bits per heavy atom. The average molecular weight is 454 g/mol. The van der Waals surface area contributed by atoms with E-state index in [1.807, 2.05) is 0 Å². The first-order chi connectivity index (χ1) is 14.7. The number of nitrogens with zero attached hydrogens (tertiary/aromatic N) is 5. The lowest BCUT2D eigenvalue weighted by atomic mass is 10.0. The van der Waals surface area contributed by atoms with Gasteiger partial charge in [0.2, 0.25) is 17.0 Å². The van der Waals surface area contributed by atoms with Crippen LogP contribution in [0.15, 0.2) is 36.5 Å². The average Bonchev–Trinajstić information content (AvgIpc) is 3.08. The van der Waals surface area contributed by atoms with E-state index < -0.39 is 17.6 Å². The van der Waals surface area contributed by atoms with Crippen molar-refractivity contribution in [3.05, 3.63) is 58.8 Å². The monoisotopic (exact) mass is 453 g/mol. The molecule has 160 valence electrons. The highest BCUT2D eigenvalue weighted by Crippen LogP contribution is 2.41. The zero-order valence-corrected chi connectivity index (χ0v) is 16.7. The van der Waals surface area contributed by atoms with E-state index in [9.17, 15) is 17.6 Å². The van der Waals surface area contributed by atoms with Gasteiger partial charge in [0.1, 0.15) is 11.6 Å². The number of aromatic nitrogens is 5. The Morgan fingerprint density at radius 1 is 1.06 bits per heavy atom. The highest BCUT2D eigenvalue weighted by Gasteiger charge is 2.32. The van der Waals surface area contributed by atoms with E-state index >= 15 is 0 Å². The molecule has 0 radical (unpaired) electrons. The van der Waals surface area contributed by atoms with Crippen LogP contribution in [0.3, 0.4) is 0 Å². The maximum Gasteiger partial charge on any atom is 0.416 e. The van der Waals surface area contributed by atoms with Gasteiger partial charge >= 0.3 is 6.18 Å². The zero-order valence-electron chi connectivity index (χ0n) is 15.9. The second kappa shape index (κ2) is 7.65. The van der Waals surface area contributed by atoms with Crippen molar-refractivity contribution in [2.75, 3.05) is 7.11 Å². The van der Waals surface area contributed by atoms with Crippen LogP contribution in [0.2, 0.25) is 5.28 Å². The molecule has 3 aromatic heterocycles. The summed E-state index contributed by atoms with van der Waals surface area (Å²) in [6.07, 6.45) is -3.70. The van der Waals surface area contributed by atoms with Gasteiger partial charge in [-0.1, -0.05) is 0 Å². The topological polar surface area (TPSA) is 74.4 Å². The van der Waals surface area contributed by atoms with E-state index in [1.54, 1.807) is 6.92 Å². The number of rotatable bonds is 4. The van der Waals surface area contributed by atoms with E-state index in [1.165, 1.54) is 17.7 Å². The number of pyridine rings is 1. The number of hydrogen-bond acceptors (Lipinski definition) is 6. The molecule has 0 N–H and O–H groups in total. The van der Waals surface area contributed by atoms with Gasteiger partial charge in [-0.05, 0) is 42.8 Å². The molecular formula is C19H12ClF4N5O2. The van der Waals surface area contributed by atoms with Gasteiger partial charge in [0.25, 0.3) is 0 Å². The molecule has 0 unspecified atom stereocenters. The summed E-state index contributed by atoms with van der Waals surface area (Å²) >= 11 is 5.94. The third-order valence-corrected chi connectivity index (χ3v) is 4.55. The van der Waals surface area contributed by atoms with Crippen LogP contribution in [0.5, 0.6) is 17.5 Å². The fourth-order valence-electron chi connectivity index (χ4n) is 2.92. The molecule has 7 nitrogen and oxygen atoms in total. The third-order valence-electron chi connectivity index (χ3n) is 4.32. The van der Waals surface area contributed by atoms with Crippen LogP contribution >= 0.6 is 11.6 Å². The molecule has 0 aliphatic carbocycles. The van der Waals surface area contributed by atoms with Crippen molar-refractivity contribution in [3.8, 4) is 28.6 Å². The molecule has 3 heterocycles. The number of aryl methyl sites for hydroxylation is 1. The van der Waals surface area contributed by atoms with Gasteiger partial charge in [0, 0.05) is 17.2 Å². The first-order valence-corrected chi connectivity index (χ1v) is 9.02. The van der Waals surface area contributed by atoms with Crippen LogP contribution in [0, 0.1) is 12.7 Å². The quantitative estimate of drug-likeness (QED) is 0.400. The smallest absolute Gasteiger partial charge is 0.416 e. The highest BCUT2D eigenvalue weighted by atomic mass is 35.5. The number of ether oxygens (including phenoxy) is 2. The van der Waals surface area contributed by atoms with Gasteiger partial charge in [-0.25, -0.2) is 9.37 Å². The van der Waals surface area contributed by atoms with Crippen molar-refractivity contribution in [2.24, 2.45) is 0 Å². The molecule has 0 spiro atoms. The van der Waals surface area contributed by atoms with Crippen molar-refractivity contribution < 1.29 is 27.0 Å². The number of methoxy groups -OCH3 is 1. The van der Waals surface area contributed by atoms with Gasteiger partial charge in [-0.3, -0.25) is 0 Å². The minimum absolute atomic E-state index is 0.00690. The van der Waals surface area contributed by atoms with Gasteiger partial charge < -0.3 is 9.47 Å². The van der Waals surface area contributed by atoms with Gasteiger partial charge in [0.05, 0.1) is 24.4 Å². The molecule has 0 fully saturated rings. The lowest BCUT2D eigenvalue weighted by molar-refractivity contribution is -0.137. The van der Waals surface area contributed by atoms with Crippen molar-refractivity contribution in [2.45, 2.75) is 13.1 Å². The lowest BCUT2D eigenvalue weighted by Gasteiger charge is -2.16. The van der Waals surface area contributed by atoms with Crippen molar-refractivity contribution in [1.82, 2.24) is 24.8 Å². The van der Waals surface area contributed by atoms with Crippen LogP contribution in [-0.2, 0) is 6.18 Å². The SMILES string of the molecule is COc1ncc(F)cc1-c1ccc(C(F)(F)F)cc1Oc1cc(C)c2nnc(Cl)n2n1. The van der Waals surface area contributed by atoms with Crippen molar-refractivity contribution in [3.63, 3.8) is 0 Å². The maximum atomic E-state index is 13.8. The van der Waals surface area contributed by atoms with Crippen molar-refractivity contribution in [1.29, 1.82) is 0 Å². The fraction of sp³-hybridized carbons (Fsp3) is 0.158. The summed E-state index contributed by atoms with van der Waals surface area (Å²) in [5, 5.41) is 11.6. The van der Waals surface area contributed by atoms with Gasteiger partial charge in [0.15, 0.2) is 5.65 Å². The summed E-state index contributed by atoms with van der Waals surface area (Å²) in [6, 6.07) is 5.33. The van der Waals surface area contributed by atoms with Crippen LogP contribution in [0.25, 0.3) is 16.8 Å². The number of alkyl halides is 3. The molecule has 4 rings (SSSR count). The van der Waals surface area contributed by atoms with E-state index in [-0.39, 0.29) is 33.9 Å². The Kier molecular flexibility index (Phi) is 5.13. The predicted octanol–water partition coefficient (Wildman–Crippen LogP) is 5.11. The highest BCUT2D eigenvalue weighted by molar-refractivity contribution is 6.28. The normalized spacial score (nSPS) is 11.7. The Bertz CT molecular complexity index is 1290. The predicted molar refractivity (Wildman–Crippen MR) is 102 cm³/mol. The summed E-state index contributed by atoms with van der Waals surface area (Å²) in [5.41, 5.74) is 0.188. The first kappa shape index (κ1) is 20.8. The molecule has 31 heavy (non-hydrogen) atoms. The van der Waals surface area contributed by atoms with E-state index in [0.717, 1.165) is 30.5 Å². The molecule has 0 atom stereocenters. The zero-order chi connectivity index (χ0) is 22.3. The van der Waals surface area contributed by atoms with Crippen molar-refractivity contribution >= 4 is 17.2 Å². The van der Waals surface area contributed by atoms with Crippen LogP contribution < -0.4 is 9.47 Å². The van der Waals surface area contributed by atoms with E-state index in [0.29, 0.717) is 11.2 Å². The molecule has 12 heteroatoms. The summed E-state index contributed by atoms with van der Waals surface area (Å²) in [7, 11) is 1.31. The molecule has 4 aromatic rings. The minimum Gasteiger partial charge on any atom is -0.481 e. The Morgan fingerprint density at radius 3 is 2.55 bits per heavy atom.